The Bertz CT molecular complexity index is 1370. The van der Waals surface area contributed by atoms with Crippen LogP contribution in [-0.4, -0.2) is 58.6 Å². The van der Waals surface area contributed by atoms with Gasteiger partial charge in [-0.15, -0.1) is 0 Å². The molecular formula is C39H54N2O4S. The molecule has 0 aromatic heterocycles. The Labute approximate surface area is 281 Å². The molecule has 6 nitrogen and oxygen atoms in total. The van der Waals surface area contributed by atoms with Crippen LogP contribution in [0.2, 0.25) is 0 Å². The van der Waals surface area contributed by atoms with Gasteiger partial charge in [-0.05, 0) is 98.1 Å². The van der Waals surface area contributed by atoms with Gasteiger partial charge in [0.2, 0.25) is 0 Å². The molecule has 0 aliphatic heterocycles. The number of nitrogens with one attached hydrogen (secondary N) is 1. The molecule has 0 bridgehead atoms. The highest BCUT2D eigenvalue weighted by molar-refractivity contribution is 7.98. The van der Waals surface area contributed by atoms with Crippen LogP contribution in [0, 0.1) is 12.8 Å². The highest BCUT2D eigenvalue weighted by atomic mass is 32.2. The molecule has 0 radical (unpaired) electrons. The zero-order valence-electron chi connectivity index (χ0n) is 27.3. The number of hydrogen-bond donors (Lipinski definition) is 2. The molecule has 0 unspecified atom stereocenters. The summed E-state index contributed by atoms with van der Waals surface area (Å²) < 4.78 is 6.38. The number of benzene rings is 3. The average molecular weight is 647 g/mol. The Balaban J connectivity index is 0.00000576. The summed E-state index contributed by atoms with van der Waals surface area (Å²) in [6, 6.07) is 23.7. The van der Waals surface area contributed by atoms with Crippen LogP contribution in [0.1, 0.15) is 87.7 Å². The molecule has 1 aliphatic carbocycles. The summed E-state index contributed by atoms with van der Waals surface area (Å²) in [4.78, 5) is 28.1. The first kappa shape index (κ1) is 37.2. The zero-order chi connectivity index (χ0) is 32.2. The Morgan fingerprint density at radius 2 is 1.67 bits per heavy atom. The number of amides is 1. The molecule has 1 amide bonds. The third kappa shape index (κ3) is 10.6. The molecule has 46 heavy (non-hydrogen) atoms. The van der Waals surface area contributed by atoms with Crippen LogP contribution >= 0.6 is 11.8 Å². The largest absolute Gasteiger partial charge is 0.492 e. The van der Waals surface area contributed by atoms with Crippen molar-refractivity contribution in [2.45, 2.75) is 97.8 Å². The minimum atomic E-state index is -1.01. The molecule has 2 N–H and O–H groups in total. The van der Waals surface area contributed by atoms with Crippen LogP contribution in [0.15, 0.2) is 72.8 Å². The lowest BCUT2D eigenvalue weighted by atomic mass is 9.84. The van der Waals surface area contributed by atoms with E-state index in [0.717, 1.165) is 41.0 Å². The van der Waals surface area contributed by atoms with Crippen molar-refractivity contribution >= 4 is 23.6 Å². The van der Waals surface area contributed by atoms with Gasteiger partial charge in [0, 0.05) is 24.2 Å². The standard InChI is InChI=1S/C38H50N2O4S.CH4/c1-27(2)40(31(23-29-14-7-5-8-15-29)26-44-32-16-9-6-10-17-32)25-30-19-20-34(35(24-30)33-18-12-11-13-28(33)3)37(41)39-36(38(42)43)21-22-45-4;/h6,9-13,16-20,24,27,29,31,36H,5,7-8,14-15,21-23,25-26H2,1-4H3,(H,39,41)(H,42,43);1H4/t31-,36+;/m1./s1. The van der Waals surface area contributed by atoms with Gasteiger partial charge < -0.3 is 15.2 Å². The van der Waals surface area contributed by atoms with Gasteiger partial charge in [-0.3, -0.25) is 9.69 Å². The van der Waals surface area contributed by atoms with Gasteiger partial charge >= 0.3 is 5.97 Å². The first-order valence-corrected chi connectivity index (χ1v) is 17.8. The number of para-hydroxylation sites is 1. The smallest absolute Gasteiger partial charge is 0.326 e. The molecule has 0 heterocycles. The minimum Gasteiger partial charge on any atom is -0.492 e. The van der Waals surface area contributed by atoms with E-state index in [2.05, 4.69) is 30.1 Å². The molecule has 1 fully saturated rings. The van der Waals surface area contributed by atoms with E-state index >= 15 is 0 Å². The topological polar surface area (TPSA) is 78.9 Å². The molecule has 1 saturated carbocycles. The van der Waals surface area contributed by atoms with Crippen molar-refractivity contribution in [1.82, 2.24) is 10.2 Å². The van der Waals surface area contributed by atoms with E-state index in [1.807, 2.05) is 79.9 Å². The fourth-order valence-electron chi connectivity index (χ4n) is 6.47. The van der Waals surface area contributed by atoms with Crippen LogP contribution in [0.5, 0.6) is 5.75 Å². The number of hydrogen-bond acceptors (Lipinski definition) is 5. The summed E-state index contributed by atoms with van der Waals surface area (Å²) in [5.74, 6) is 0.874. The Kier molecular flexibility index (Phi) is 15.2. The van der Waals surface area contributed by atoms with E-state index in [1.54, 1.807) is 11.8 Å². The Morgan fingerprint density at radius 1 is 0.978 bits per heavy atom. The lowest BCUT2D eigenvalue weighted by Gasteiger charge is -2.38. The Hall–Kier alpha value is -3.29. The van der Waals surface area contributed by atoms with E-state index < -0.39 is 12.0 Å². The van der Waals surface area contributed by atoms with E-state index in [-0.39, 0.29) is 25.4 Å². The number of carbonyl (C=O) groups is 2. The van der Waals surface area contributed by atoms with Crippen molar-refractivity contribution in [3.63, 3.8) is 0 Å². The molecule has 4 rings (SSSR count). The van der Waals surface area contributed by atoms with Crippen LogP contribution in [0.4, 0.5) is 0 Å². The van der Waals surface area contributed by atoms with E-state index in [4.69, 9.17) is 4.74 Å². The maximum atomic E-state index is 13.6. The van der Waals surface area contributed by atoms with Crippen molar-refractivity contribution in [1.29, 1.82) is 0 Å². The summed E-state index contributed by atoms with van der Waals surface area (Å²) in [6.45, 7) is 7.89. The van der Waals surface area contributed by atoms with Gasteiger partial charge in [-0.25, -0.2) is 4.79 Å². The summed E-state index contributed by atoms with van der Waals surface area (Å²) in [5.41, 5.74) is 4.47. The monoisotopic (exact) mass is 646 g/mol. The van der Waals surface area contributed by atoms with Crippen molar-refractivity contribution in [2.75, 3.05) is 18.6 Å². The Morgan fingerprint density at radius 3 is 2.33 bits per heavy atom. The van der Waals surface area contributed by atoms with Crippen LogP contribution in [-0.2, 0) is 11.3 Å². The molecule has 7 heteroatoms. The third-order valence-electron chi connectivity index (χ3n) is 8.99. The predicted molar refractivity (Wildman–Crippen MR) is 193 cm³/mol. The normalized spacial score (nSPS) is 14.8. The molecule has 0 saturated heterocycles. The first-order valence-electron chi connectivity index (χ1n) is 16.4. The number of thioether (sulfide) groups is 1. The SMILES string of the molecule is C.CSCC[C@H](NC(=O)c1ccc(CN(C(C)C)[C@@H](COc2ccccc2)CC2CCCCC2)cc1-c1ccccc1C)C(=O)O. The zero-order valence-corrected chi connectivity index (χ0v) is 28.2. The lowest BCUT2D eigenvalue weighted by molar-refractivity contribution is -0.139. The molecule has 1 aliphatic rings. The van der Waals surface area contributed by atoms with Gasteiger partial charge in [0.15, 0.2) is 0 Å². The van der Waals surface area contributed by atoms with E-state index in [9.17, 15) is 14.7 Å². The first-order chi connectivity index (χ1) is 21.8. The summed E-state index contributed by atoms with van der Waals surface area (Å²) >= 11 is 1.57. The summed E-state index contributed by atoms with van der Waals surface area (Å²) in [6.07, 6.45) is 9.92. The predicted octanol–water partition coefficient (Wildman–Crippen LogP) is 8.86. The number of carboxylic acid groups (broad SMARTS) is 1. The number of aliphatic carboxylic acids is 1. The molecule has 0 spiro atoms. The van der Waals surface area contributed by atoms with Gasteiger partial charge in [0.05, 0.1) is 0 Å². The second kappa shape index (κ2) is 18.8. The van der Waals surface area contributed by atoms with Crippen LogP contribution in [0.3, 0.4) is 0 Å². The highest BCUT2D eigenvalue weighted by Crippen LogP contribution is 2.32. The molecular weight excluding hydrogens is 593 g/mol. The maximum absolute atomic E-state index is 13.6. The van der Waals surface area contributed by atoms with Crippen molar-refractivity contribution in [3.8, 4) is 16.9 Å². The second-order valence-corrected chi connectivity index (χ2v) is 13.6. The van der Waals surface area contributed by atoms with Crippen LogP contribution in [0.25, 0.3) is 11.1 Å². The van der Waals surface area contributed by atoms with Gasteiger partial charge in [-0.2, -0.15) is 11.8 Å². The number of aryl methyl sites for hydroxylation is 1. The molecule has 3 aromatic rings. The van der Waals surface area contributed by atoms with Crippen LogP contribution < -0.4 is 10.1 Å². The summed E-state index contributed by atoms with van der Waals surface area (Å²) in [5, 5.41) is 12.6. The van der Waals surface area contributed by atoms with E-state index in [0.29, 0.717) is 30.3 Å². The van der Waals surface area contributed by atoms with Gasteiger partial charge in [0.1, 0.15) is 18.4 Å². The molecule has 2 atom stereocenters. The number of ether oxygens (including phenoxy) is 1. The number of rotatable bonds is 16. The summed E-state index contributed by atoms with van der Waals surface area (Å²) in [7, 11) is 0. The highest BCUT2D eigenvalue weighted by Gasteiger charge is 2.28. The minimum absolute atomic E-state index is 0. The number of nitrogens with zero attached hydrogens (tertiary/aromatic N) is 1. The quantitative estimate of drug-likeness (QED) is 0.162. The number of carbonyl (C=O) groups excluding carboxylic acids is 1. The van der Waals surface area contributed by atoms with Crippen molar-refractivity contribution < 1.29 is 19.4 Å². The van der Waals surface area contributed by atoms with Crippen molar-refractivity contribution in [3.05, 3.63) is 89.5 Å². The van der Waals surface area contributed by atoms with Crippen molar-refractivity contribution in [2.24, 2.45) is 5.92 Å². The molecule has 250 valence electrons. The lowest BCUT2D eigenvalue weighted by Crippen LogP contribution is -2.44. The maximum Gasteiger partial charge on any atom is 0.326 e. The number of carboxylic acids is 1. The van der Waals surface area contributed by atoms with E-state index in [1.165, 1.54) is 32.1 Å². The fourth-order valence-corrected chi connectivity index (χ4v) is 6.95. The molecule has 3 aromatic carbocycles. The van der Waals surface area contributed by atoms with Gasteiger partial charge in [-0.1, -0.05) is 88.1 Å². The second-order valence-electron chi connectivity index (χ2n) is 12.6. The third-order valence-corrected chi connectivity index (χ3v) is 9.64. The van der Waals surface area contributed by atoms with Gasteiger partial charge in [0.25, 0.3) is 5.91 Å². The fraction of sp³-hybridized carbons (Fsp3) is 0.487. The average Bonchev–Trinajstić information content (AvgIpc) is 3.04.